The number of nitrogens with zero attached hydrogens (tertiary/aromatic N) is 1. The fraction of sp³-hybridized carbons (Fsp3) is 0.933. The molecule has 0 heterocycles. The van der Waals surface area contributed by atoms with Crippen molar-refractivity contribution in [1.82, 2.24) is 10.2 Å². The van der Waals surface area contributed by atoms with Crippen molar-refractivity contribution in [2.24, 2.45) is 23.0 Å². The summed E-state index contributed by atoms with van der Waals surface area (Å²) in [6.45, 7) is 8.25. The molecule has 0 radical (unpaired) electrons. The van der Waals surface area contributed by atoms with Gasteiger partial charge in [-0.25, -0.2) is 0 Å². The lowest BCUT2D eigenvalue weighted by Crippen LogP contribution is -2.44. The Bertz CT molecular complexity index is 292. The molecule has 1 aliphatic carbocycles. The summed E-state index contributed by atoms with van der Waals surface area (Å²) in [7, 11) is 4.12. The first-order valence-corrected chi connectivity index (χ1v) is 7.37. The maximum absolute atomic E-state index is 12.2. The van der Waals surface area contributed by atoms with Crippen LogP contribution in [0.15, 0.2) is 0 Å². The molecule has 4 heteroatoms. The SMILES string of the molecule is CC1CC(N)CC(C(=O)NCC(C)(C)CN(C)C)C1. The van der Waals surface area contributed by atoms with Crippen molar-refractivity contribution in [1.29, 1.82) is 0 Å². The van der Waals surface area contributed by atoms with E-state index in [0.29, 0.717) is 5.92 Å². The quantitative estimate of drug-likeness (QED) is 0.794. The van der Waals surface area contributed by atoms with E-state index in [1.54, 1.807) is 0 Å². The van der Waals surface area contributed by atoms with Crippen LogP contribution in [0.1, 0.15) is 40.0 Å². The average molecular weight is 269 g/mol. The summed E-state index contributed by atoms with van der Waals surface area (Å²) in [5.41, 5.74) is 6.11. The van der Waals surface area contributed by atoms with Gasteiger partial charge in [0.2, 0.25) is 5.91 Å². The normalized spacial score (nSPS) is 28.5. The van der Waals surface area contributed by atoms with Gasteiger partial charge in [0.05, 0.1) is 0 Å². The molecule has 0 aromatic heterocycles. The molecule has 3 unspecified atom stereocenters. The van der Waals surface area contributed by atoms with Gasteiger partial charge in [0.25, 0.3) is 0 Å². The number of amides is 1. The maximum atomic E-state index is 12.2. The lowest BCUT2D eigenvalue weighted by Gasteiger charge is -2.32. The van der Waals surface area contributed by atoms with E-state index in [2.05, 4.69) is 45.1 Å². The molecule has 1 amide bonds. The lowest BCUT2D eigenvalue weighted by molar-refractivity contribution is -0.127. The van der Waals surface area contributed by atoms with E-state index in [0.717, 1.165) is 32.4 Å². The number of hydrogen-bond acceptors (Lipinski definition) is 3. The zero-order valence-corrected chi connectivity index (χ0v) is 13.2. The van der Waals surface area contributed by atoms with Gasteiger partial charge in [-0.1, -0.05) is 20.8 Å². The highest BCUT2D eigenvalue weighted by Gasteiger charge is 2.30. The topological polar surface area (TPSA) is 58.4 Å². The van der Waals surface area contributed by atoms with Crippen LogP contribution in [-0.2, 0) is 4.79 Å². The van der Waals surface area contributed by atoms with Gasteiger partial charge < -0.3 is 16.0 Å². The van der Waals surface area contributed by atoms with Crippen molar-refractivity contribution >= 4 is 5.91 Å². The minimum absolute atomic E-state index is 0.0988. The minimum atomic E-state index is 0.0988. The smallest absolute Gasteiger partial charge is 0.223 e. The Morgan fingerprint density at radius 3 is 2.47 bits per heavy atom. The van der Waals surface area contributed by atoms with Gasteiger partial charge in [-0.3, -0.25) is 4.79 Å². The third-order valence-electron chi connectivity index (χ3n) is 3.84. The van der Waals surface area contributed by atoms with Crippen LogP contribution in [0.25, 0.3) is 0 Å². The number of carbonyl (C=O) groups is 1. The van der Waals surface area contributed by atoms with Gasteiger partial charge >= 0.3 is 0 Å². The van der Waals surface area contributed by atoms with Gasteiger partial charge in [-0.2, -0.15) is 0 Å². The van der Waals surface area contributed by atoms with Crippen LogP contribution in [0.2, 0.25) is 0 Å². The molecule has 1 saturated carbocycles. The van der Waals surface area contributed by atoms with Gasteiger partial charge in [0, 0.05) is 25.0 Å². The number of rotatable bonds is 5. The van der Waals surface area contributed by atoms with Crippen molar-refractivity contribution < 1.29 is 4.79 Å². The Morgan fingerprint density at radius 2 is 1.95 bits per heavy atom. The highest BCUT2D eigenvalue weighted by atomic mass is 16.1. The van der Waals surface area contributed by atoms with Crippen LogP contribution in [0.4, 0.5) is 0 Å². The van der Waals surface area contributed by atoms with Gasteiger partial charge in [-0.15, -0.1) is 0 Å². The molecule has 0 aromatic rings. The summed E-state index contributed by atoms with van der Waals surface area (Å²) in [6, 6.07) is 0.189. The van der Waals surface area contributed by atoms with Crippen molar-refractivity contribution in [3.05, 3.63) is 0 Å². The first-order chi connectivity index (χ1) is 8.69. The molecule has 1 aliphatic rings. The molecule has 112 valence electrons. The Balaban J connectivity index is 2.42. The minimum Gasteiger partial charge on any atom is -0.355 e. The third-order valence-corrected chi connectivity index (χ3v) is 3.84. The van der Waals surface area contributed by atoms with E-state index in [1.165, 1.54) is 0 Å². The van der Waals surface area contributed by atoms with Gasteiger partial charge in [-0.05, 0) is 44.7 Å². The summed E-state index contributed by atoms with van der Waals surface area (Å²) < 4.78 is 0. The summed E-state index contributed by atoms with van der Waals surface area (Å²) in [6.07, 6.45) is 2.87. The Labute approximate surface area is 118 Å². The van der Waals surface area contributed by atoms with Gasteiger partial charge in [0.1, 0.15) is 0 Å². The van der Waals surface area contributed by atoms with Crippen LogP contribution in [0.5, 0.6) is 0 Å². The fourth-order valence-electron chi connectivity index (χ4n) is 3.25. The predicted molar refractivity (Wildman–Crippen MR) is 79.8 cm³/mol. The molecule has 0 saturated heterocycles. The first-order valence-electron chi connectivity index (χ1n) is 7.37. The highest BCUT2D eigenvalue weighted by molar-refractivity contribution is 5.78. The monoisotopic (exact) mass is 269 g/mol. The molecule has 19 heavy (non-hydrogen) atoms. The van der Waals surface area contributed by atoms with E-state index < -0.39 is 0 Å². The van der Waals surface area contributed by atoms with Crippen molar-refractivity contribution in [3.63, 3.8) is 0 Å². The Kier molecular flexibility index (Phi) is 5.81. The number of nitrogens with two attached hydrogens (primary N) is 1. The summed E-state index contributed by atoms with van der Waals surface area (Å²) in [5.74, 6) is 0.858. The molecule has 1 rings (SSSR count). The Hall–Kier alpha value is -0.610. The highest BCUT2D eigenvalue weighted by Crippen LogP contribution is 2.28. The lowest BCUT2D eigenvalue weighted by atomic mass is 9.79. The summed E-state index contributed by atoms with van der Waals surface area (Å²) in [5, 5.41) is 3.12. The molecule has 0 aliphatic heterocycles. The largest absolute Gasteiger partial charge is 0.355 e. The van der Waals surface area contributed by atoms with E-state index in [9.17, 15) is 4.79 Å². The van der Waals surface area contributed by atoms with Crippen LogP contribution in [-0.4, -0.2) is 44.0 Å². The molecule has 0 aromatic carbocycles. The fourth-order valence-corrected chi connectivity index (χ4v) is 3.25. The average Bonchev–Trinajstić information content (AvgIpc) is 2.22. The van der Waals surface area contributed by atoms with E-state index in [1.807, 2.05) is 0 Å². The van der Waals surface area contributed by atoms with E-state index in [4.69, 9.17) is 5.73 Å². The zero-order valence-electron chi connectivity index (χ0n) is 13.2. The summed E-state index contributed by atoms with van der Waals surface area (Å²) in [4.78, 5) is 14.4. The molecule has 0 bridgehead atoms. The van der Waals surface area contributed by atoms with Crippen LogP contribution in [0.3, 0.4) is 0 Å². The molecule has 0 spiro atoms. The third kappa shape index (κ3) is 5.91. The van der Waals surface area contributed by atoms with Crippen molar-refractivity contribution in [2.75, 3.05) is 27.2 Å². The molecule has 3 N–H and O–H groups in total. The van der Waals surface area contributed by atoms with Crippen LogP contribution in [0, 0.1) is 17.3 Å². The second-order valence-electron chi connectivity index (χ2n) is 7.39. The van der Waals surface area contributed by atoms with E-state index in [-0.39, 0.29) is 23.3 Å². The second kappa shape index (κ2) is 6.71. The molecule has 3 atom stereocenters. The number of carbonyl (C=O) groups excluding carboxylic acids is 1. The predicted octanol–water partition coefficient (Wildman–Crippen LogP) is 1.45. The number of hydrogen-bond donors (Lipinski definition) is 2. The second-order valence-corrected chi connectivity index (χ2v) is 7.39. The van der Waals surface area contributed by atoms with E-state index >= 15 is 0 Å². The van der Waals surface area contributed by atoms with Gasteiger partial charge in [0.15, 0.2) is 0 Å². The Morgan fingerprint density at radius 1 is 1.32 bits per heavy atom. The number of nitrogens with one attached hydrogen (secondary N) is 1. The van der Waals surface area contributed by atoms with Crippen molar-refractivity contribution in [3.8, 4) is 0 Å². The first kappa shape index (κ1) is 16.4. The molecule has 1 fully saturated rings. The standard InChI is InChI=1S/C15H31N3O/c1-11-6-12(8-13(16)7-11)14(19)17-9-15(2,3)10-18(4)5/h11-13H,6-10,16H2,1-5H3,(H,17,19). The maximum Gasteiger partial charge on any atom is 0.223 e. The molecular weight excluding hydrogens is 238 g/mol. The van der Waals surface area contributed by atoms with Crippen LogP contribution >= 0.6 is 0 Å². The molecule has 4 nitrogen and oxygen atoms in total. The van der Waals surface area contributed by atoms with Crippen molar-refractivity contribution in [2.45, 2.75) is 46.1 Å². The zero-order chi connectivity index (χ0) is 14.6. The summed E-state index contributed by atoms with van der Waals surface area (Å²) >= 11 is 0. The molecular formula is C15H31N3O. The van der Waals surface area contributed by atoms with Crippen LogP contribution < -0.4 is 11.1 Å².